The van der Waals surface area contributed by atoms with Crippen LogP contribution in [-0.2, 0) is 28.9 Å². The number of rotatable bonds is 8. The molecule has 0 saturated heterocycles. The smallest absolute Gasteiger partial charge is 0.338 e. The van der Waals surface area contributed by atoms with Gasteiger partial charge in [-0.2, -0.15) is 0 Å². The number of fused-ring (bicyclic) bond motifs is 1. The third kappa shape index (κ3) is 4.53. The van der Waals surface area contributed by atoms with Crippen molar-refractivity contribution >= 4 is 11.8 Å². The molecule has 0 unspecified atom stereocenters. The minimum Gasteiger partial charge on any atom is -0.454 e. The lowest BCUT2D eigenvalue weighted by Crippen LogP contribution is -2.16. The second-order valence-electron chi connectivity index (χ2n) is 7.47. The van der Waals surface area contributed by atoms with E-state index in [0.717, 1.165) is 43.6 Å². The molecule has 0 N–H and O–H groups in total. The van der Waals surface area contributed by atoms with E-state index in [2.05, 4.69) is 4.57 Å². The zero-order chi connectivity index (χ0) is 20.1. The molecule has 0 saturated carbocycles. The lowest BCUT2D eigenvalue weighted by atomic mass is 9.90. The molecular formula is C23H29NO4. The van der Waals surface area contributed by atoms with Gasteiger partial charge in [0.15, 0.2) is 6.61 Å². The van der Waals surface area contributed by atoms with E-state index in [1.54, 1.807) is 13.2 Å². The van der Waals surface area contributed by atoms with Crippen LogP contribution in [0.4, 0.5) is 0 Å². The van der Waals surface area contributed by atoms with Crippen LogP contribution in [0.2, 0.25) is 0 Å². The molecule has 0 fully saturated rings. The Balaban J connectivity index is 1.62. The molecule has 150 valence electrons. The number of nitrogens with zero attached hydrogens (tertiary/aromatic N) is 1. The number of ketones is 1. The van der Waals surface area contributed by atoms with Crippen LogP contribution < -0.4 is 0 Å². The fourth-order valence-corrected chi connectivity index (χ4v) is 3.95. The fraction of sp³-hybridized carbons (Fsp3) is 0.478. The van der Waals surface area contributed by atoms with Gasteiger partial charge in [-0.15, -0.1) is 0 Å². The van der Waals surface area contributed by atoms with Gasteiger partial charge in [0.2, 0.25) is 5.78 Å². The summed E-state index contributed by atoms with van der Waals surface area (Å²) in [5, 5.41) is 0. The van der Waals surface area contributed by atoms with Crippen molar-refractivity contribution in [2.45, 2.75) is 52.5 Å². The molecule has 0 aliphatic heterocycles. The van der Waals surface area contributed by atoms with Gasteiger partial charge in [-0.3, -0.25) is 4.79 Å². The minimum atomic E-state index is -0.435. The van der Waals surface area contributed by atoms with Crippen LogP contribution >= 0.6 is 0 Å². The van der Waals surface area contributed by atoms with Crippen molar-refractivity contribution in [1.29, 1.82) is 0 Å². The average molecular weight is 383 g/mol. The monoisotopic (exact) mass is 383 g/mol. The maximum Gasteiger partial charge on any atom is 0.338 e. The van der Waals surface area contributed by atoms with E-state index < -0.39 is 5.97 Å². The van der Waals surface area contributed by atoms with E-state index in [1.807, 2.05) is 32.0 Å². The van der Waals surface area contributed by atoms with Crippen molar-refractivity contribution < 1.29 is 19.1 Å². The number of ether oxygens (including phenoxy) is 2. The van der Waals surface area contributed by atoms with Gasteiger partial charge in [-0.25, -0.2) is 4.79 Å². The van der Waals surface area contributed by atoms with E-state index in [1.165, 1.54) is 17.5 Å². The zero-order valence-electron chi connectivity index (χ0n) is 17.0. The van der Waals surface area contributed by atoms with Crippen LogP contribution in [-0.4, -0.2) is 36.6 Å². The summed E-state index contributed by atoms with van der Waals surface area (Å²) in [7, 11) is 1.68. The number of methoxy groups -OCH3 is 1. The van der Waals surface area contributed by atoms with Crippen molar-refractivity contribution in [3.05, 3.63) is 57.9 Å². The van der Waals surface area contributed by atoms with Gasteiger partial charge in [-0.05, 0) is 75.3 Å². The van der Waals surface area contributed by atoms with Gasteiger partial charge in [0.1, 0.15) is 0 Å². The van der Waals surface area contributed by atoms with Crippen LogP contribution in [0.15, 0.2) is 24.3 Å². The molecule has 0 atom stereocenters. The largest absolute Gasteiger partial charge is 0.454 e. The molecule has 1 aromatic carbocycles. The summed E-state index contributed by atoms with van der Waals surface area (Å²) >= 11 is 0. The highest BCUT2D eigenvalue weighted by molar-refractivity contribution is 6.00. The average Bonchev–Trinajstić information content (AvgIpc) is 3.00. The number of benzene rings is 1. The topological polar surface area (TPSA) is 57.5 Å². The third-order valence-electron chi connectivity index (χ3n) is 5.52. The molecule has 1 aliphatic rings. The predicted molar refractivity (Wildman–Crippen MR) is 108 cm³/mol. The Morgan fingerprint density at radius 1 is 1.07 bits per heavy atom. The summed E-state index contributed by atoms with van der Waals surface area (Å²) in [5.41, 5.74) is 5.62. The Kier molecular flexibility index (Phi) is 6.68. The van der Waals surface area contributed by atoms with Crippen molar-refractivity contribution in [3.63, 3.8) is 0 Å². The zero-order valence-corrected chi connectivity index (χ0v) is 17.0. The number of aromatic nitrogens is 1. The highest BCUT2D eigenvalue weighted by Gasteiger charge is 2.19. The van der Waals surface area contributed by atoms with Crippen molar-refractivity contribution in [3.8, 4) is 0 Å². The molecule has 0 radical (unpaired) electrons. The van der Waals surface area contributed by atoms with Crippen LogP contribution in [0.5, 0.6) is 0 Å². The first-order valence-electron chi connectivity index (χ1n) is 9.99. The molecule has 1 aliphatic carbocycles. The quantitative estimate of drug-likeness (QED) is 0.392. The number of esters is 1. The summed E-state index contributed by atoms with van der Waals surface area (Å²) < 4.78 is 12.5. The Morgan fingerprint density at radius 2 is 1.82 bits per heavy atom. The van der Waals surface area contributed by atoms with E-state index in [4.69, 9.17) is 9.47 Å². The molecule has 0 bridgehead atoms. The standard InChI is InChI=1S/C23H29NO4/c1-16-13-21(17(2)24(16)11-6-12-27-3)22(25)15-28-23(26)20-10-9-18-7-4-5-8-19(18)14-20/h9-10,13-14H,4-8,11-12,15H2,1-3H3. The van der Waals surface area contributed by atoms with Crippen LogP contribution in [0.25, 0.3) is 0 Å². The number of aryl methyl sites for hydroxylation is 3. The molecule has 0 amide bonds. The third-order valence-corrected chi connectivity index (χ3v) is 5.52. The Morgan fingerprint density at radius 3 is 2.57 bits per heavy atom. The van der Waals surface area contributed by atoms with Gasteiger partial charge < -0.3 is 14.0 Å². The summed E-state index contributed by atoms with van der Waals surface area (Å²) in [4.78, 5) is 25.0. The maximum atomic E-state index is 12.6. The van der Waals surface area contributed by atoms with E-state index >= 15 is 0 Å². The molecule has 5 nitrogen and oxygen atoms in total. The van der Waals surface area contributed by atoms with Crippen LogP contribution in [0.3, 0.4) is 0 Å². The van der Waals surface area contributed by atoms with Crippen molar-refractivity contribution in [2.75, 3.05) is 20.3 Å². The number of Topliss-reactive ketones (excluding diaryl/α,β-unsaturated/α-hetero) is 1. The highest BCUT2D eigenvalue weighted by Crippen LogP contribution is 2.23. The first kappa shape index (κ1) is 20.3. The Labute approximate surface area is 166 Å². The van der Waals surface area contributed by atoms with E-state index in [-0.39, 0.29) is 12.4 Å². The van der Waals surface area contributed by atoms with Gasteiger partial charge in [-0.1, -0.05) is 6.07 Å². The van der Waals surface area contributed by atoms with Gasteiger partial charge in [0, 0.05) is 37.2 Å². The summed E-state index contributed by atoms with van der Waals surface area (Å²) in [6.07, 6.45) is 5.32. The maximum absolute atomic E-state index is 12.6. The predicted octanol–water partition coefficient (Wildman–Crippen LogP) is 4.06. The number of hydrogen-bond acceptors (Lipinski definition) is 4. The molecule has 2 aromatic rings. The summed E-state index contributed by atoms with van der Waals surface area (Å²) in [6, 6.07) is 7.61. The summed E-state index contributed by atoms with van der Waals surface area (Å²) in [6.45, 7) is 5.15. The summed E-state index contributed by atoms with van der Waals surface area (Å²) in [5.74, 6) is -0.604. The van der Waals surface area contributed by atoms with Crippen LogP contribution in [0.1, 0.15) is 62.5 Å². The fourth-order valence-electron chi connectivity index (χ4n) is 3.95. The lowest BCUT2D eigenvalue weighted by molar-refractivity contribution is 0.0474. The number of carbonyl (C=O) groups excluding carboxylic acids is 2. The molecule has 3 rings (SSSR count). The molecule has 1 heterocycles. The van der Waals surface area contributed by atoms with Gasteiger partial charge >= 0.3 is 5.97 Å². The molecular weight excluding hydrogens is 354 g/mol. The Bertz CT molecular complexity index is 866. The molecule has 5 heteroatoms. The molecule has 28 heavy (non-hydrogen) atoms. The first-order chi connectivity index (χ1) is 13.5. The second-order valence-corrected chi connectivity index (χ2v) is 7.47. The van der Waals surface area contributed by atoms with Crippen molar-refractivity contribution in [1.82, 2.24) is 4.57 Å². The number of hydrogen-bond donors (Lipinski definition) is 0. The van der Waals surface area contributed by atoms with Gasteiger partial charge in [0.25, 0.3) is 0 Å². The second kappa shape index (κ2) is 9.20. The first-order valence-corrected chi connectivity index (χ1v) is 9.99. The normalized spacial score (nSPS) is 13.2. The van der Waals surface area contributed by atoms with Crippen LogP contribution in [0, 0.1) is 13.8 Å². The van der Waals surface area contributed by atoms with Crippen molar-refractivity contribution in [2.24, 2.45) is 0 Å². The van der Waals surface area contributed by atoms with Gasteiger partial charge in [0.05, 0.1) is 5.56 Å². The molecule has 0 spiro atoms. The van der Waals surface area contributed by atoms with E-state index in [0.29, 0.717) is 17.7 Å². The van der Waals surface area contributed by atoms with E-state index in [9.17, 15) is 9.59 Å². The highest BCUT2D eigenvalue weighted by atomic mass is 16.5. The molecule has 1 aromatic heterocycles. The number of carbonyl (C=O) groups is 2. The Hall–Kier alpha value is -2.40. The minimum absolute atomic E-state index is 0.169. The SMILES string of the molecule is COCCCn1c(C)cc(C(=O)COC(=O)c2ccc3c(c2)CCCC3)c1C. The lowest BCUT2D eigenvalue weighted by Gasteiger charge is -2.16.